The first-order chi connectivity index (χ1) is 19.2. The Hall–Kier alpha value is -4.18. The van der Waals surface area contributed by atoms with Crippen LogP contribution in [0.4, 0.5) is 0 Å². The van der Waals surface area contributed by atoms with Crippen LogP contribution in [-0.2, 0) is 51.3 Å². The third kappa shape index (κ3) is 9.53. The second-order valence-corrected chi connectivity index (χ2v) is 8.51. The Bertz CT molecular complexity index is 1130. The molecule has 0 spiro atoms. The van der Waals surface area contributed by atoms with Crippen molar-refractivity contribution in [1.82, 2.24) is 4.90 Å². The summed E-state index contributed by atoms with van der Waals surface area (Å²) in [5, 5.41) is 0. The highest BCUT2D eigenvalue weighted by molar-refractivity contribution is 6.17. The molecule has 2 rings (SSSR count). The molecule has 10 heteroatoms. The van der Waals surface area contributed by atoms with Gasteiger partial charge in [-0.05, 0) is 51.0 Å². The van der Waals surface area contributed by atoms with Gasteiger partial charge in [0.25, 0.3) is 0 Å². The Labute approximate surface area is 234 Å². The van der Waals surface area contributed by atoms with Crippen molar-refractivity contribution < 1.29 is 42.9 Å². The van der Waals surface area contributed by atoms with Crippen molar-refractivity contribution in [1.29, 1.82) is 0 Å². The van der Waals surface area contributed by atoms with Crippen molar-refractivity contribution in [3.63, 3.8) is 0 Å². The molecule has 0 saturated carbocycles. The van der Waals surface area contributed by atoms with E-state index < -0.39 is 41.5 Å². The van der Waals surface area contributed by atoms with Gasteiger partial charge in [-0.15, -0.1) is 0 Å². The molecule has 0 bridgehead atoms. The highest BCUT2D eigenvalue weighted by atomic mass is 16.6. The number of carbonyl (C=O) groups excluding carboxylic acids is 4. The summed E-state index contributed by atoms with van der Waals surface area (Å²) >= 11 is 0. The van der Waals surface area contributed by atoms with Crippen LogP contribution in [0.3, 0.4) is 0 Å². The molecule has 2 aromatic rings. The van der Waals surface area contributed by atoms with E-state index in [9.17, 15) is 19.2 Å². The van der Waals surface area contributed by atoms with E-state index in [-0.39, 0.29) is 33.0 Å². The van der Waals surface area contributed by atoms with Gasteiger partial charge < -0.3 is 28.6 Å². The van der Waals surface area contributed by atoms with Crippen molar-refractivity contribution in [2.75, 3.05) is 26.9 Å². The number of esters is 3. The fourth-order valence-electron chi connectivity index (χ4n) is 3.76. The number of methoxy groups -OCH3 is 1. The Kier molecular flexibility index (Phi) is 13.4. The number of rotatable bonds is 15. The number of benzene rings is 2. The molecule has 0 aliphatic rings. The second-order valence-electron chi connectivity index (χ2n) is 8.51. The summed E-state index contributed by atoms with van der Waals surface area (Å²) in [6.07, 6.45) is -0.00108. The number of nitrogens with zero attached hydrogens (tertiary/aromatic N) is 1. The molecule has 0 heterocycles. The molecule has 0 radical (unpaired) electrons. The summed E-state index contributed by atoms with van der Waals surface area (Å²) in [7, 11) is 1.53. The number of amides is 1. The van der Waals surface area contributed by atoms with Gasteiger partial charge in [-0.25, -0.2) is 14.4 Å². The van der Waals surface area contributed by atoms with Gasteiger partial charge in [0.05, 0.1) is 39.6 Å². The molecule has 0 unspecified atom stereocenters. The van der Waals surface area contributed by atoms with Crippen molar-refractivity contribution >= 4 is 23.8 Å². The predicted octanol–water partition coefficient (Wildman–Crippen LogP) is 3.61. The monoisotopic (exact) mass is 555 g/mol. The van der Waals surface area contributed by atoms with E-state index in [0.717, 1.165) is 11.6 Å². The first-order valence-corrected chi connectivity index (χ1v) is 13.1. The van der Waals surface area contributed by atoms with Crippen molar-refractivity contribution in [3.8, 4) is 5.75 Å². The van der Waals surface area contributed by atoms with Crippen molar-refractivity contribution in [2.24, 2.45) is 0 Å². The largest absolute Gasteiger partial charge is 0.497 e. The lowest BCUT2D eigenvalue weighted by Crippen LogP contribution is -2.51. The molecular formula is C30H37NO9. The lowest BCUT2D eigenvalue weighted by Gasteiger charge is -2.33. The molecule has 0 aliphatic heterocycles. The predicted molar refractivity (Wildman–Crippen MR) is 146 cm³/mol. The minimum absolute atomic E-state index is 0.0187. The summed E-state index contributed by atoms with van der Waals surface area (Å²) in [6, 6.07) is 15.0. The van der Waals surface area contributed by atoms with E-state index in [1.54, 1.807) is 52.0 Å². The number of hydrogen-bond acceptors (Lipinski definition) is 9. The maximum Gasteiger partial charge on any atom is 0.345 e. The molecule has 0 aliphatic carbocycles. The standard InChI is InChI=1S/C30H37NO9/c1-6-37-28(33)25(29(34)38-7-2)18-26(32)31(19-22-14-16-24(36-5)17-15-22)27(30(35)39-8-3)21(4)40-20-23-12-10-9-11-13-23/h9-18,21,27H,6-8,19-20H2,1-5H3/t21-,27+/m1/s1. The minimum atomic E-state index is -1.22. The fraction of sp³-hybridized carbons (Fsp3) is 0.400. The van der Waals surface area contributed by atoms with Crippen LogP contribution >= 0.6 is 0 Å². The Morgan fingerprint density at radius 1 is 0.800 bits per heavy atom. The van der Waals surface area contributed by atoms with Crippen LogP contribution in [-0.4, -0.2) is 67.8 Å². The normalized spacial score (nSPS) is 11.9. The van der Waals surface area contributed by atoms with E-state index in [1.807, 2.05) is 30.3 Å². The minimum Gasteiger partial charge on any atom is -0.497 e. The van der Waals surface area contributed by atoms with Crippen LogP contribution in [0.2, 0.25) is 0 Å². The zero-order chi connectivity index (χ0) is 29.5. The van der Waals surface area contributed by atoms with Gasteiger partial charge in [0, 0.05) is 12.6 Å². The molecule has 0 aromatic heterocycles. The molecule has 0 saturated heterocycles. The van der Waals surface area contributed by atoms with Crippen LogP contribution in [0.1, 0.15) is 38.8 Å². The number of hydrogen-bond donors (Lipinski definition) is 0. The summed E-state index contributed by atoms with van der Waals surface area (Å²) in [5.74, 6) is -2.93. The van der Waals surface area contributed by atoms with Crippen LogP contribution in [0.25, 0.3) is 0 Å². The van der Waals surface area contributed by atoms with E-state index in [2.05, 4.69) is 0 Å². The SMILES string of the molecule is CCOC(=O)C(=CC(=O)N(Cc1ccc(OC)cc1)[C@H](C(=O)OCC)[C@@H](C)OCc1ccccc1)C(=O)OCC. The van der Waals surface area contributed by atoms with Gasteiger partial charge in [0.1, 0.15) is 11.3 Å². The van der Waals surface area contributed by atoms with Crippen LogP contribution in [0.15, 0.2) is 66.2 Å². The third-order valence-electron chi connectivity index (χ3n) is 5.72. The van der Waals surface area contributed by atoms with Gasteiger partial charge >= 0.3 is 17.9 Å². The van der Waals surface area contributed by atoms with E-state index in [4.69, 9.17) is 23.7 Å². The molecule has 2 aromatic carbocycles. The number of ether oxygens (including phenoxy) is 5. The maximum atomic E-state index is 13.8. The second kappa shape index (κ2) is 16.7. The Balaban J connectivity index is 2.54. The van der Waals surface area contributed by atoms with Gasteiger partial charge in [0.2, 0.25) is 5.91 Å². The highest BCUT2D eigenvalue weighted by Gasteiger charge is 2.37. The lowest BCUT2D eigenvalue weighted by atomic mass is 10.1. The van der Waals surface area contributed by atoms with Gasteiger partial charge in [0.15, 0.2) is 6.04 Å². The zero-order valence-corrected chi connectivity index (χ0v) is 23.6. The van der Waals surface area contributed by atoms with Gasteiger partial charge in [-0.1, -0.05) is 42.5 Å². The molecule has 2 atom stereocenters. The van der Waals surface area contributed by atoms with Crippen LogP contribution in [0, 0.1) is 0 Å². The quantitative estimate of drug-likeness (QED) is 0.107. The molecule has 1 amide bonds. The first-order valence-electron chi connectivity index (χ1n) is 13.1. The molecule has 10 nitrogen and oxygen atoms in total. The number of carbonyl (C=O) groups is 4. The first kappa shape index (κ1) is 32.0. The highest BCUT2D eigenvalue weighted by Crippen LogP contribution is 2.20. The molecule has 40 heavy (non-hydrogen) atoms. The summed E-state index contributed by atoms with van der Waals surface area (Å²) in [6.45, 7) is 6.58. The summed E-state index contributed by atoms with van der Waals surface area (Å²) in [4.78, 5) is 53.4. The summed E-state index contributed by atoms with van der Waals surface area (Å²) in [5.41, 5.74) is 0.937. The van der Waals surface area contributed by atoms with Crippen LogP contribution in [0.5, 0.6) is 5.75 Å². The maximum absolute atomic E-state index is 13.8. The summed E-state index contributed by atoms with van der Waals surface area (Å²) < 4.78 is 26.5. The van der Waals surface area contributed by atoms with Crippen LogP contribution < -0.4 is 4.74 Å². The Morgan fingerprint density at radius 2 is 1.38 bits per heavy atom. The average Bonchev–Trinajstić information content (AvgIpc) is 2.95. The smallest absolute Gasteiger partial charge is 0.345 e. The molecule has 0 fully saturated rings. The van der Waals surface area contributed by atoms with E-state index in [0.29, 0.717) is 11.3 Å². The van der Waals surface area contributed by atoms with E-state index >= 15 is 0 Å². The Morgan fingerprint density at radius 3 is 1.90 bits per heavy atom. The van der Waals surface area contributed by atoms with Gasteiger partial charge in [-0.2, -0.15) is 0 Å². The molecular weight excluding hydrogens is 518 g/mol. The molecule has 0 N–H and O–H groups in total. The zero-order valence-electron chi connectivity index (χ0n) is 23.6. The lowest BCUT2D eigenvalue weighted by molar-refractivity contribution is -0.161. The van der Waals surface area contributed by atoms with Crippen molar-refractivity contribution in [3.05, 3.63) is 77.4 Å². The third-order valence-corrected chi connectivity index (χ3v) is 5.72. The van der Waals surface area contributed by atoms with Crippen molar-refractivity contribution in [2.45, 2.75) is 53.0 Å². The van der Waals surface area contributed by atoms with Gasteiger partial charge in [-0.3, -0.25) is 4.79 Å². The molecule has 216 valence electrons. The fourth-order valence-corrected chi connectivity index (χ4v) is 3.76. The average molecular weight is 556 g/mol. The van der Waals surface area contributed by atoms with E-state index in [1.165, 1.54) is 12.0 Å². The topological polar surface area (TPSA) is 118 Å².